The van der Waals surface area contributed by atoms with E-state index in [1.807, 2.05) is 55.5 Å². The summed E-state index contributed by atoms with van der Waals surface area (Å²) in [6.07, 6.45) is 14.8. The summed E-state index contributed by atoms with van der Waals surface area (Å²) in [6.45, 7) is 12.4. The first-order valence-corrected chi connectivity index (χ1v) is 10.0. The van der Waals surface area contributed by atoms with Crippen LogP contribution in [-0.2, 0) is 6.42 Å². The lowest BCUT2D eigenvalue weighted by molar-refractivity contribution is 0.200. The fourth-order valence-electron chi connectivity index (χ4n) is 3.34. The average molecular weight is 390 g/mol. The molecule has 0 amide bonds. The van der Waals surface area contributed by atoms with Gasteiger partial charge in [0.25, 0.3) is 0 Å². The van der Waals surface area contributed by atoms with Gasteiger partial charge in [0, 0.05) is 23.9 Å². The highest BCUT2D eigenvalue weighted by atomic mass is 19.1. The Morgan fingerprint density at radius 1 is 1.21 bits per heavy atom. The average Bonchev–Trinajstić information content (AvgIpc) is 3.07. The number of nitrogens with zero attached hydrogens (tertiary/aromatic N) is 1. The Morgan fingerprint density at radius 3 is 2.72 bits per heavy atom. The molecule has 1 fully saturated rings. The minimum absolute atomic E-state index is 0.252. The summed E-state index contributed by atoms with van der Waals surface area (Å²) in [5, 5.41) is 0.971. The van der Waals surface area contributed by atoms with Crippen LogP contribution >= 0.6 is 0 Å². The maximum atomic E-state index is 14.9. The molecule has 3 heteroatoms. The molecular formula is C26H28FNO. The third kappa shape index (κ3) is 5.55. The van der Waals surface area contributed by atoms with Gasteiger partial charge in [0.05, 0.1) is 0 Å². The Kier molecular flexibility index (Phi) is 7.20. The second-order valence-electron chi connectivity index (χ2n) is 7.20. The molecule has 0 aliphatic carbocycles. The second-order valence-corrected chi connectivity index (χ2v) is 7.20. The largest absolute Gasteiger partial charge is 0.461 e. The maximum Gasteiger partial charge on any atom is 0.134 e. The Morgan fingerprint density at radius 2 is 2.03 bits per heavy atom. The zero-order valence-electron chi connectivity index (χ0n) is 17.0. The van der Waals surface area contributed by atoms with Crippen LogP contribution in [0.2, 0.25) is 0 Å². The number of allylic oxidation sites excluding steroid dienone is 8. The summed E-state index contributed by atoms with van der Waals surface area (Å²) in [6, 6.07) is 7.79. The second kappa shape index (κ2) is 10.0. The van der Waals surface area contributed by atoms with Gasteiger partial charge in [0.2, 0.25) is 0 Å². The van der Waals surface area contributed by atoms with Gasteiger partial charge in [-0.05, 0) is 61.8 Å². The van der Waals surface area contributed by atoms with Crippen molar-refractivity contribution in [3.63, 3.8) is 0 Å². The van der Waals surface area contributed by atoms with Crippen LogP contribution in [0.4, 0.5) is 4.39 Å². The summed E-state index contributed by atoms with van der Waals surface area (Å²) in [5.74, 6) is 0.624. The number of hydrogen-bond acceptors (Lipinski definition) is 2. The van der Waals surface area contributed by atoms with Gasteiger partial charge in [-0.15, -0.1) is 0 Å². The van der Waals surface area contributed by atoms with Crippen molar-refractivity contribution >= 4 is 16.5 Å². The monoisotopic (exact) mass is 389 g/mol. The maximum absolute atomic E-state index is 14.9. The van der Waals surface area contributed by atoms with Crippen molar-refractivity contribution < 1.29 is 8.81 Å². The first-order valence-electron chi connectivity index (χ1n) is 10.0. The van der Waals surface area contributed by atoms with Gasteiger partial charge in [-0.1, -0.05) is 55.7 Å². The van der Waals surface area contributed by atoms with E-state index in [4.69, 9.17) is 4.42 Å². The van der Waals surface area contributed by atoms with E-state index in [-0.39, 0.29) is 5.83 Å². The molecule has 1 aromatic heterocycles. The summed E-state index contributed by atoms with van der Waals surface area (Å²) in [4.78, 5) is 2.27. The zero-order chi connectivity index (χ0) is 20.6. The molecule has 0 unspecified atom stereocenters. The number of fused-ring (bicyclic) bond motifs is 1. The first-order chi connectivity index (χ1) is 14.1. The molecule has 0 radical (unpaired) electrons. The van der Waals surface area contributed by atoms with Gasteiger partial charge in [-0.3, -0.25) is 4.90 Å². The van der Waals surface area contributed by atoms with E-state index in [2.05, 4.69) is 18.1 Å². The molecule has 1 saturated heterocycles. The topological polar surface area (TPSA) is 16.4 Å². The quantitative estimate of drug-likeness (QED) is 0.439. The standard InChI is InChI=1S/C26H28FNO/c1-4-6-7-8-9-11-23-18-22-17-21(12-13-26(22)29-23)24(5-2)25(27)16-20(3)19-28-14-10-15-28/h4-9,12-13,16-18H,1,3,10-11,14-15,19H2,2H3/b7-6-,9-8+,24-5-,25-16+. The number of halogens is 1. The van der Waals surface area contributed by atoms with Gasteiger partial charge in [0.1, 0.15) is 17.2 Å². The molecule has 2 nitrogen and oxygen atoms in total. The molecule has 3 rings (SSSR count). The van der Waals surface area contributed by atoms with Gasteiger partial charge in [0.15, 0.2) is 0 Å². The van der Waals surface area contributed by atoms with E-state index in [1.165, 1.54) is 6.42 Å². The van der Waals surface area contributed by atoms with E-state index < -0.39 is 0 Å². The van der Waals surface area contributed by atoms with E-state index in [1.54, 1.807) is 18.2 Å². The van der Waals surface area contributed by atoms with Crippen LogP contribution in [0.1, 0.15) is 24.7 Å². The molecule has 2 heterocycles. The molecule has 1 aliphatic heterocycles. The van der Waals surface area contributed by atoms with Crippen molar-refractivity contribution in [2.75, 3.05) is 19.6 Å². The van der Waals surface area contributed by atoms with Gasteiger partial charge in [-0.2, -0.15) is 0 Å². The van der Waals surface area contributed by atoms with Crippen molar-refractivity contribution in [2.45, 2.75) is 19.8 Å². The van der Waals surface area contributed by atoms with Crippen LogP contribution in [0.5, 0.6) is 0 Å². The molecule has 29 heavy (non-hydrogen) atoms. The number of furan rings is 1. The molecule has 0 atom stereocenters. The van der Waals surface area contributed by atoms with E-state index in [0.29, 0.717) is 12.0 Å². The Labute approximate surface area is 172 Å². The van der Waals surface area contributed by atoms with Crippen LogP contribution in [-0.4, -0.2) is 24.5 Å². The fourth-order valence-corrected chi connectivity index (χ4v) is 3.34. The number of likely N-dealkylation sites (tertiary alicyclic amines) is 1. The lowest BCUT2D eigenvalue weighted by Crippen LogP contribution is -2.38. The molecule has 0 bridgehead atoms. The van der Waals surface area contributed by atoms with Crippen LogP contribution in [0.15, 0.2) is 95.8 Å². The lowest BCUT2D eigenvalue weighted by atomic mass is 10.0. The van der Waals surface area contributed by atoms with E-state index in [0.717, 1.165) is 47.5 Å². The third-order valence-corrected chi connectivity index (χ3v) is 4.94. The summed E-state index contributed by atoms with van der Waals surface area (Å²) >= 11 is 0. The molecule has 0 N–H and O–H groups in total. The predicted octanol–water partition coefficient (Wildman–Crippen LogP) is 6.79. The predicted molar refractivity (Wildman–Crippen MR) is 121 cm³/mol. The van der Waals surface area contributed by atoms with Crippen molar-refractivity contribution in [1.29, 1.82) is 0 Å². The van der Waals surface area contributed by atoms with Crippen molar-refractivity contribution in [2.24, 2.45) is 0 Å². The normalized spacial score (nSPS) is 16.1. The fraction of sp³-hybridized carbons (Fsp3) is 0.231. The van der Waals surface area contributed by atoms with Crippen LogP contribution in [0.3, 0.4) is 0 Å². The van der Waals surface area contributed by atoms with Gasteiger partial charge < -0.3 is 4.42 Å². The molecule has 0 spiro atoms. The molecule has 150 valence electrons. The first kappa shape index (κ1) is 20.8. The SMILES string of the molecule is C=C/C=C\C=C\Cc1cc2cc(C(=C/C)/C(F)=C\C(=C)CN3CCC3)ccc2o1. The molecule has 1 aromatic carbocycles. The van der Waals surface area contributed by atoms with Gasteiger partial charge >= 0.3 is 0 Å². The van der Waals surface area contributed by atoms with Crippen LogP contribution in [0.25, 0.3) is 16.5 Å². The number of benzene rings is 1. The minimum Gasteiger partial charge on any atom is -0.461 e. The Hall–Kier alpha value is -2.91. The van der Waals surface area contributed by atoms with Crippen molar-refractivity contribution in [3.8, 4) is 0 Å². The molecule has 1 aliphatic rings. The molecule has 0 saturated carbocycles. The summed E-state index contributed by atoms with van der Waals surface area (Å²) in [7, 11) is 0. The van der Waals surface area contributed by atoms with Gasteiger partial charge in [-0.25, -0.2) is 4.39 Å². The van der Waals surface area contributed by atoms with E-state index in [9.17, 15) is 4.39 Å². The van der Waals surface area contributed by atoms with Crippen LogP contribution < -0.4 is 0 Å². The zero-order valence-corrected chi connectivity index (χ0v) is 17.0. The minimum atomic E-state index is -0.252. The lowest BCUT2D eigenvalue weighted by Gasteiger charge is -2.30. The Balaban J connectivity index is 1.74. The highest BCUT2D eigenvalue weighted by molar-refractivity contribution is 5.86. The number of rotatable bonds is 9. The Bertz CT molecular complexity index is 999. The summed E-state index contributed by atoms with van der Waals surface area (Å²) < 4.78 is 20.8. The highest BCUT2D eigenvalue weighted by Gasteiger charge is 2.15. The van der Waals surface area contributed by atoms with Crippen molar-refractivity contribution in [1.82, 2.24) is 4.90 Å². The number of hydrogen-bond donors (Lipinski definition) is 0. The van der Waals surface area contributed by atoms with Crippen molar-refractivity contribution in [3.05, 3.63) is 103 Å². The smallest absolute Gasteiger partial charge is 0.134 e. The third-order valence-electron chi connectivity index (χ3n) is 4.94. The summed E-state index contributed by atoms with van der Waals surface area (Å²) in [5.41, 5.74) is 3.02. The molecule has 2 aromatic rings. The molecular weight excluding hydrogens is 361 g/mol. The van der Waals surface area contributed by atoms with E-state index >= 15 is 0 Å². The highest BCUT2D eigenvalue weighted by Crippen LogP contribution is 2.29. The van der Waals surface area contributed by atoms with Crippen LogP contribution in [0, 0.1) is 0 Å².